The predicted molar refractivity (Wildman–Crippen MR) is 56.4 cm³/mol. The number of aromatic hydroxyl groups is 1. The van der Waals surface area contributed by atoms with Crippen molar-refractivity contribution in [2.45, 2.75) is 27.2 Å². The summed E-state index contributed by atoms with van der Waals surface area (Å²) in [5.74, 6) is 0.375. The van der Waals surface area contributed by atoms with Crippen molar-refractivity contribution in [2.24, 2.45) is 0 Å². The number of hydrogen-bond donors (Lipinski definition) is 2. The molecule has 0 bridgehead atoms. The third kappa shape index (κ3) is 2.38. The minimum atomic E-state index is 0.375. The van der Waals surface area contributed by atoms with E-state index < -0.39 is 0 Å². The van der Waals surface area contributed by atoms with Crippen LogP contribution in [0.5, 0.6) is 5.75 Å². The van der Waals surface area contributed by atoms with Gasteiger partial charge < -0.3 is 10.4 Å². The lowest BCUT2D eigenvalue weighted by molar-refractivity contribution is 0.471. The molecule has 1 rings (SSSR count). The number of hydrogen-bond acceptors (Lipinski definition) is 2. The van der Waals surface area contributed by atoms with Gasteiger partial charge in [0.2, 0.25) is 0 Å². The first-order valence-electron chi connectivity index (χ1n) is 4.69. The number of rotatable bonds is 3. The third-order valence-electron chi connectivity index (χ3n) is 2.11. The van der Waals surface area contributed by atoms with Crippen molar-refractivity contribution in [3.8, 4) is 5.75 Å². The smallest absolute Gasteiger partial charge is 0.118 e. The summed E-state index contributed by atoms with van der Waals surface area (Å²) in [7, 11) is 0. The van der Waals surface area contributed by atoms with Crippen molar-refractivity contribution in [3.63, 3.8) is 0 Å². The molecular weight excluding hydrogens is 162 g/mol. The van der Waals surface area contributed by atoms with Crippen LogP contribution in [-0.2, 0) is 0 Å². The topological polar surface area (TPSA) is 32.3 Å². The van der Waals surface area contributed by atoms with Crippen LogP contribution in [0.25, 0.3) is 0 Å². The normalized spacial score (nSPS) is 10.1. The Kier molecular flexibility index (Phi) is 3.18. The minimum absolute atomic E-state index is 0.375. The van der Waals surface area contributed by atoms with E-state index in [0.29, 0.717) is 5.75 Å². The van der Waals surface area contributed by atoms with E-state index in [4.69, 9.17) is 0 Å². The molecule has 0 unspecified atom stereocenters. The lowest BCUT2D eigenvalue weighted by Gasteiger charge is -2.10. The van der Waals surface area contributed by atoms with E-state index in [2.05, 4.69) is 12.2 Å². The maximum Gasteiger partial charge on any atom is 0.118 e. The summed E-state index contributed by atoms with van der Waals surface area (Å²) in [5.41, 5.74) is 3.14. The molecule has 13 heavy (non-hydrogen) atoms. The van der Waals surface area contributed by atoms with Crippen molar-refractivity contribution in [1.29, 1.82) is 0 Å². The third-order valence-corrected chi connectivity index (χ3v) is 2.11. The van der Waals surface area contributed by atoms with Gasteiger partial charge in [0, 0.05) is 12.2 Å². The summed E-state index contributed by atoms with van der Waals surface area (Å²) in [4.78, 5) is 0. The first-order valence-corrected chi connectivity index (χ1v) is 4.69. The molecule has 0 saturated carbocycles. The average Bonchev–Trinajstić information content (AvgIpc) is 2.09. The fraction of sp³-hybridized carbons (Fsp3) is 0.455. The second-order valence-electron chi connectivity index (χ2n) is 3.38. The van der Waals surface area contributed by atoms with Crippen LogP contribution < -0.4 is 5.32 Å². The summed E-state index contributed by atoms with van der Waals surface area (Å²) in [6.45, 7) is 7.02. The van der Waals surface area contributed by atoms with Crippen LogP contribution in [0.2, 0.25) is 0 Å². The molecule has 2 N–H and O–H groups in total. The SMILES string of the molecule is CCCNc1cc(C)c(O)cc1C. The van der Waals surface area contributed by atoms with Crippen molar-refractivity contribution in [3.05, 3.63) is 23.3 Å². The first-order chi connectivity index (χ1) is 6.15. The van der Waals surface area contributed by atoms with Gasteiger partial charge in [0.1, 0.15) is 5.75 Å². The highest BCUT2D eigenvalue weighted by Gasteiger charge is 2.01. The van der Waals surface area contributed by atoms with Crippen LogP contribution in [0.4, 0.5) is 5.69 Å². The van der Waals surface area contributed by atoms with E-state index in [-0.39, 0.29) is 0 Å². The van der Waals surface area contributed by atoms with Gasteiger partial charge in [-0.15, -0.1) is 0 Å². The molecule has 72 valence electrons. The van der Waals surface area contributed by atoms with Gasteiger partial charge in [0.15, 0.2) is 0 Å². The Labute approximate surface area is 79.6 Å². The summed E-state index contributed by atoms with van der Waals surface area (Å²) in [6.07, 6.45) is 1.11. The quantitative estimate of drug-likeness (QED) is 0.699. The molecule has 2 heteroatoms. The molecule has 2 nitrogen and oxygen atoms in total. The maximum absolute atomic E-state index is 9.42. The van der Waals surface area contributed by atoms with Crippen molar-refractivity contribution >= 4 is 5.69 Å². The van der Waals surface area contributed by atoms with Gasteiger partial charge >= 0.3 is 0 Å². The Balaban J connectivity index is 2.88. The molecule has 0 aromatic heterocycles. The van der Waals surface area contributed by atoms with Crippen LogP contribution in [0.1, 0.15) is 24.5 Å². The Bertz CT molecular complexity index is 294. The molecule has 0 aliphatic heterocycles. The summed E-state index contributed by atoms with van der Waals surface area (Å²) >= 11 is 0. The van der Waals surface area contributed by atoms with E-state index in [9.17, 15) is 5.11 Å². The first kappa shape index (κ1) is 9.90. The summed E-state index contributed by atoms with van der Waals surface area (Å²) < 4.78 is 0. The zero-order valence-corrected chi connectivity index (χ0v) is 8.52. The summed E-state index contributed by atoms with van der Waals surface area (Å²) in [6, 6.07) is 3.79. The second kappa shape index (κ2) is 4.17. The van der Waals surface area contributed by atoms with Gasteiger partial charge in [-0.05, 0) is 43.5 Å². The van der Waals surface area contributed by atoms with Gasteiger partial charge in [-0.1, -0.05) is 6.92 Å². The van der Waals surface area contributed by atoms with Gasteiger partial charge in [-0.2, -0.15) is 0 Å². The highest BCUT2D eigenvalue weighted by Crippen LogP contribution is 2.24. The molecule has 0 radical (unpaired) electrons. The molecule has 0 amide bonds. The predicted octanol–water partition coefficient (Wildman–Crippen LogP) is 2.83. The van der Waals surface area contributed by atoms with E-state index in [1.54, 1.807) is 6.07 Å². The maximum atomic E-state index is 9.42. The largest absolute Gasteiger partial charge is 0.508 e. The van der Waals surface area contributed by atoms with Crippen LogP contribution in [0.3, 0.4) is 0 Å². The van der Waals surface area contributed by atoms with Crippen molar-refractivity contribution in [2.75, 3.05) is 11.9 Å². The minimum Gasteiger partial charge on any atom is -0.508 e. The summed E-state index contributed by atoms with van der Waals surface area (Å²) in [5, 5.41) is 12.7. The number of phenolic OH excluding ortho intramolecular Hbond substituents is 1. The highest BCUT2D eigenvalue weighted by atomic mass is 16.3. The Morgan fingerprint density at radius 3 is 2.54 bits per heavy atom. The van der Waals surface area contributed by atoms with E-state index >= 15 is 0 Å². The van der Waals surface area contributed by atoms with E-state index in [1.165, 1.54) is 0 Å². The molecule has 0 atom stereocenters. The molecule has 1 aromatic rings. The lowest BCUT2D eigenvalue weighted by Crippen LogP contribution is -2.01. The Morgan fingerprint density at radius 2 is 1.92 bits per heavy atom. The number of phenols is 1. The molecule has 0 aliphatic carbocycles. The molecule has 0 fully saturated rings. The van der Waals surface area contributed by atoms with Gasteiger partial charge in [0.05, 0.1) is 0 Å². The standard InChI is InChI=1S/C11H17NO/c1-4-5-12-10-6-9(3)11(13)7-8(10)2/h6-7,12-13H,4-5H2,1-3H3. The fourth-order valence-electron chi connectivity index (χ4n) is 1.25. The van der Waals surface area contributed by atoms with Crippen LogP contribution in [-0.4, -0.2) is 11.7 Å². The Morgan fingerprint density at radius 1 is 1.23 bits per heavy atom. The molecular formula is C11H17NO. The molecule has 0 saturated heterocycles. The van der Waals surface area contributed by atoms with Crippen molar-refractivity contribution < 1.29 is 5.11 Å². The zero-order valence-electron chi connectivity index (χ0n) is 8.52. The fourth-order valence-corrected chi connectivity index (χ4v) is 1.25. The van der Waals surface area contributed by atoms with E-state index in [0.717, 1.165) is 29.8 Å². The molecule has 0 heterocycles. The zero-order chi connectivity index (χ0) is 9.84. The number of aryl methyl sites for hydroxylation is 2. The highest BCUT2D eigenvalue weighted by molar-refractivity contribution is 5.56. The van der Waals surface area contributed by atoms with E-state index in [1.807, 2.05) is 19.9 Å². The van der Waals surface area contributed by atoms with Gasteiger partial charge in [0.25, 0.3) is 0 Å². The average molecular weight is 179 g/mol. The van der Waals surface area contributed by atoms with Gasteiger partial charge in [-0.25, -0.2) is 0 Å². The van der Waals surface area contributed by atoms with Gasteiger partial charge in [-0.3, -0.25) is 0 Å². The van der Waals surface area contributed by atoms with Crippen LogP contribution in [0, 0.1) is 13.8 Å². The Hall–Kier alpha value is -1.18. The lowest BCUT2D eigenvalue weighted by atomic mass is 10.1. The number of nitrogens with one attached hydrogen (secondary N) is 1. The number of anilines is 1. The van der Waals surface area contributed by atoms with Crippen LogP contribution in [0.15, 0.2) is 12.1 Å². The number of benzene rings is 1. The van der Waals surface area contributed by atoms with Crippen LogP contribution >= 0.6 is 0 Å². The molecule has 0 aliphatic rings. The second-order valence-corrected chi connectivity index (χ2v) is 3.38. The monoisotopic (exact) mass is 179 g/mol. The molecule has 1 aromatic carbocycles. The van der Waals surface area contributed by atoms with Crippen molar-refractivity contribution in [1.82, 2.24) is 0 Å². The molecule has 0 spiro atoms.